The van der Waals surface area contributed by atoms with Gasteiger partial charge in [-0.25, -0.2) is 9.50 Å². The van der Waals surface area contributed by atoms with Crippen LogP contribution in [0, 0.1) is 5.41 Å². The van der Waals surface area contributed by atoms with E-state index in [1.807, 2.05) is 18.3 Å². The lowest BCUT2D eigenvalue weighted by atomic mass is 9.93. The molecule has 0 atom stereocenters. The van der Waals surface area contributed by atoms with Crippen LogP contribution in [0.25, 0.3) is 5.65 Å². The third-order valence-electron chi connectivity index (χ3n) is 3.12. The van der Waals surface area contributed by atoms with Crippen molar-refractivity contribution in [2.45, 2.75) is 20.8 Å². The van der Waals surface area contributed by atoms with Crippen molar-refractivity contribution in [1.29, 1.82) is 0 Å². The van der Waals surface area contributed by atoms with Crippen LogP contribution in [-0.4, -0.2) is 34.2 Å². The molecule has 0 aliphatic carbocycles. The van der Waals surface area contributed by atoms with E-state index in [0.29, 0.717) is 6.54 Å². The Morgan fingerprint density at radius 1 is 1.39 bits per heavy atom. The number of fused-ring (bicyclic) bond motifs is 1. The lowest BCUT2D eigenvalue weighted by molar-refractivity contribution is 0.379. The normalized spacial score (nSPS) is 12.0. The minimum absolute atomic E-state index is 0.0874. The molecule has 0 spiro atoms. The molecule has 0 bridgehead atoms. The summed E-state index contributed by atoms with van der Waals surface area (Å²) in [5.74, 6) is 0.979. The van der Waals surface area contributed by atoms with Gasteiger partial charge in [0.25, 0.3) is 0 Å². The van der Waals surface area contributed by atoms with Gasteiger partial charge in [0, 0.05) is 25.4 Å². The average Bonchev–Trinajstić information content (AvgIpc) is 2.83. The predicted octanol–water partition coefficient (Wildman–Crippen LogP) is 1.54. The fourth-order valence-corrected chi connectivity index (χ4v) is 1.91. The van der Waals surface area contributed by atoms with E-state index < -0.39 is 0 Å². The van der Waals surface area contributed by atoms with Crippen molar-refractivity contribution in [1.82, 2.24) is 14.6 Å². The summed E-state index contributed by atoms with van der Waals surface area (Å²) in [5.41, 5.74) is 6.76. The van der Waals surface area contributed by atoms with Crippen molar-refractivity contribution in [3.8, 4) is 0 Å². The molecular formula is C13H21N5. The Balaban J connectivity index is 2.26. The third-order valence-corrected chi connectivity index (χ3v) is 3.12. The molecule has 0 unspecified atom stereocenters. The summed E-state index contributed by atoms with van der Waals surface area (Å²) >= 11 is 0. The Morgan fingerprint density at radius 3 is 2.83 bits per heavy atom. The minimum atomic E-state index is 0.0874. The molecule has 0 aliphatic rings. The minimum Gasteiger partial charge on any atom is -0.356 e. The summed E-state index contributed by atoms with van der Waals surface area (Å²) < 4.78 is 1.77. The first-order chi connectivity index (χ1) is 8.55. The van der Waals surface area contributed by atoms with Crippen LogP contribution in [0.1, 0.15) is 20.8 Å². The lowest BCUT2D eigenvalue weighted by Gasteiger charge is -2.31. The van der Waals surface area contributed by atoms with Crippen molar-refractivity contribution in [3.05, 3.63) is 24.5 Å². The SMILES string of the molecule is CCN(CC(C)(C)CN)c1ccn2nccc2n1. The van der Waals surface area contributed by atoms with E-state index in [-0.39, 0.29) is 5.41 Å². The molecule has 2 aromatic heterocycles. The van der Waals surface area contributed by atoms with Gasteiger partial charge >= 0.3 is 0 Å². The zero-order chi connectivity index (χ0) is 13.2. The van der Waals surface area contributed by atoms with Crippen molar-refractivity contribution in [2.75, 3.05) is 24.5 Å². The Labute approximate surface area is 108 Å². The van der Waals surface area contributed by atoms with Crippen LogP contribution < -0.4 is 10.6 Å². The van der Waals surface area contributed by atoms with Gasteiger partial charge in [0.2, 0.25) is 0 Å². The van der Waals surface area contributed by atoms with E-state index in [9.17, 15) is 0 Å². The van der Waals surface area contributed by atoms with Crippen molar-refractivity contribution >= 4 is 11.5 Å². The number of nitrogens with two attached hydrogens (primary N) is 1. The van der Waals surface area contributed by atoms with E-state index in [0.717, 1.165) is 24.6 Å². The van der Waals surface area contributed by atoms with E-state index in [2.05, 4.69) is 35.8 Å². The lowest BCUT2D eigenvalue weighted by Crippen LogP contribution is -2.39. The van der Waals surface area contributed by atoms with Crippen LogP contribution in [0.2, 0.25) is 0 Å². The second-order valence-corrected chi connectivity index (χ2v) is 5.30. The average molecular weight is 247 g/mol. The van der Waals surface area contributed by atoms with Crippen LogP contribution in [-0.2, 0) is 0 Å². The maximum Gasteiger partial charge on any atom is 0.157 e. The van der Waals surface area contributed by atoms with Gasteiger partial charge in [-0.2, -0.15) is 5.10 Å². The summed E-state index contributed by atoms with van der Waals surface area (Å²) in [6.07, 6.45) is 3.70. The maximum atomic E-state index is 5.80. The molecule has 2 aromatic rings. The van der Waals surface area contributed by atoms with Crippen LogP contribution in [0.15, 0.2) is 24.5 Å². The zero-order valence-electron chi connectivity index (χ0n) is 11.3. The number of aromatic nitrogens is 3. The Kier molecular flexibility index (Phi) is 3.52. The standard InChI is InChI=1S/C13H21N5/c1-4-17(10-13(2,3)9-14)11-6-8-18-12(16-11)5-7-15-18/h5-8H,4,9-10,14H2,1-3H3. The molecule has 5 heteroatoms. The number of hydrogen-bond acceptors (Lipinski definition) is 4. The molecule has 0 saturated heterocycles. The second kappa shape index (κ2) is 4.94. The van der Waals surface area contributed by atoms with Gasteiger partial charge in [0.15, 0.2) is 5.65 Å². The molecule has 0 radical (unpaired) electrons. The second-order valence-electron chi connectivity index (χ2n) is 5.30. The summed E-state index contributed by atoms with van der Waals surface area (Å²) in [4.78, 5) is 6.86. The highest BCUT2D eigenvalue weighted by Gasteiger charge is 2.20. The fraction of sp³-hybridized carbons (Fsp3) is 0.538. The Morgan fingerprint density at radius 2 is 2.17 bits per heavy atom. The number of nitrogens with zero attached hydrogens (tertiary/aromatic N) is 4. The summed E-state index contributed by atoms with van der Waals surface area (Å²) in [7, 11) is 0. The third kappa shape index (κ3) is 2.61. The highest BCUT2D eigenvalue weighted by molar-refractivity contribution is 5.47. The molecule has 0 amide bonds. The predicted molar refractivity (Wildman–Crippen MR) is 73.7 cm³/mol. The number of anilines is 1. The van der Waals surface area contributed by atoms with Crippen LogP contribution >= 0.6 is 0 Å². The maximum absolute atomic E-state index is 5.80. The van der Waals surface area contributed by atoms with E-state index in [1.165, 1.54) is 0 Å². The van der Waals surface area contributed by atoms with Gasteiger partial charge in [0.05, 0.1) is 6.20 Å². The zero-order valence-corrected chi connectivity index (χ0v) is 11.3. The van der Waals surface area contributed by atoms with Gasteiger partial charge in [-0.15, -0.1) is 0 Å². The number of rotatable bonds is 5. The van der Waals surface area contributed by atoms with Gasteiger partial charge in [0.1, 0.15) is 5.82 Å². The van der Waals surface area contributed by atoms with Gasteiger partial charge in [-0.3, -0.25) is 0 Å². The Bertz CT molecular complexity index is 517. The van der Waals surface area contributed by atoms with Crippen LogP contribution in [0.3, 0.4) is 0 Å². The molecule has 18 heavy (non-hydrogen) atoms. The molecule has 0 fully saturated rings. The van der Waals surface area contributed by atoms with Crippen molar-refractivity contribution in [3.63, 3.8) is 0 Å². The first-order valence-electron chi connectivity index (χ1n) is 6.31. The molecule has 98 valence electrons. The van der Waals surface area contributed by atoms with Gasteiger partial charge in [-0.1, -0.05) is 13.8 Å². The molecule has 2 heterocycles. The van der Waals surface area contributed by atoms with E-state index in [1.54, 1.807) is 10.7 Å². The first-order valence-corrected chi connectivity index (χ1v) is 6.31. The molecule has 0 saturated carbocycles. The Hall–Kier alpha value is -1.62. The van der Waals surface area contributed by atoms with Crippen molar-refractivity contribution in [2.24, 2.45) is 11.1 Å². The monoisotopic (exact) mass is 247 g/mol. The van der Waals surface area contributed by atoms with E-state index >= 15 is 0 Å². The molecule has 5 nitrogen and oxygen atoms in total. The summed E-state index contributed by atoms with van der Waals surface area (Å²) in [6, 6.07) is 3.90. The molecule has 2 rings (SSSR count). The number of hydrogen-bond donors (Lipinski definition) is 1. The van der Waals surface area contributed by atoms with Crippen molar-refractivity contribution < 1.29 is 0 Å². The van der Waals surface area contributed by atoms with Gasteiger partial charge in [-0.05, 0) is 24.9 Å². The van der Waals surface area contributed by atoms with Crippen LogP contribution in [0.4, 0.5) is 5.82 Å². The first kappa shape index (κ1) is 12.8. The molecule has 0 aliphatic heterocycles. The van der Waals surface area contributed by atoms with Crippen LogP contribution in [0.5, 0.6) is 0 Å². The quantitative estimate of drug-likeness (QED) is 0.870. The van der Waals surface area contributed by atoms with Gasteiger partial charge < -0.3 is 10.6 Å². The highest BCUT2D eigenvalue weighted by atomic mass is 15.3. The highest BCUT2D eigenvalue weighted by Crippen LogP contribution is 2.19. The molecule has 2 N–H and O–H groups in total. The fourth-order valence-electron chi connectivity index (χ4n) is 1.91. The topological polar surface area (TPSA) is 59.5 Å². The largest absolute Gasteiger partial charge is 0.356 e. The summed E-state index contributed by atoms with van der Waals surface area (Å²) in [5, 5.41) is 4.15. The smallest absolute Gasteiger partial charge is 0.157 e. The summed E-state index contributed by atoms with van der Waals surface area (Å²) in [6.45, 7) is 8.96. The van der Waals surface area contributed by atoms with E-state index in [4.69, 9.17) is 5.73 Å². The molecular weight excluding hydrogens is 226 g/mol. The molecule has 0 aromatic carbocycles.